The van der Waals surface area contributed by atoms with Crippen LogP contribution in [0.4, 0.5) is 0 Å². The molecule has 0 bridgehead atoms. The van der Waals surface area contributed by atoms with Crippen molar-refractivity contribution in [2.24, 2.45) is 5.41 Å². The van der Waals surface area contributed by atoms with Gasteiger partial charge in [0, 0.05) is 31.7 Å². The molecule has 2 heterocycles. The van der Waals surface area contributed by atoms with E-state index in [0.29, 0.717) is 32.8 Å². The van der Waals surface area contributed by atoms with E-state index in [2.05, 4.69) is 0 Å². The van der Waals surface area contributed by atoms with Crippen molar-refractivity contribution in [3.05, 3.63) is 0 Å². The van der Waals surface area contributed by atoms with E-state index in [0.717, 1.165) is 6.42 Å². The van der Waals surface area contributed by atoms with Gasteiger partial charge in [0.2, 0.25) is 0 Å². The molecule has 3 atom stereocenters. The minimum absolute atomic E-state index is 0.107. The highest BCUT2D eigenvalue weighted by Crippen LogP contribution is 2.30. The zero-order valence-electron chi connectivity index (χ0n) is 8.80. The van der Waals surface area contributed by atoms with Gasteiger partial charge in [0.15, 0.2) is 0 Å². The van der Waals surface area contributed by atoms with Crippen molar-refractivity contribution in [3.63, 3.8) is 0 Å². The maximum Gasteiger partial charge on any atom is 0.0938 e. The lowest BCUT2D eigenvalue weighted by Crippen LogP contribution is -2.40. The predicted octanol–water partition coefficient (Wildman–Crippen LogP) is -1.58. The van der Waals surface area contributed by atoms with Gasteiger partial charge in [0.25, 0.3) is 0 Å². The second-order valence-electron chi connectivity index (χ2n) is 4.79. The van der Waals surface area contributed by atoms with Crippen LogP contribution in [-0.2, 0) is 4.74 Å². The van der Waals surface area contributed by atoms with Gasteiger partial charge in [-0.15, -0.1) is 0 Å². The van der Waals surface area contributed by atoms with Gasteiger partial charge in [0.05, 0.1) is 25.4 Å². The highest BCUT2D eigenvalue weighted by atomic mass is 16.5. The average Bonchev–Trinajstić information content (AvgIpc) is 2.77. The molecule has 2 rings (SSSR count). The summed E-state index contributed by atoms with van der Waals surface area (Å²) in [5.74, 6) is 0. The van der Waals surface area contributed by atoms with Crippen molar-refractivity contribution in [3.8, 4) is 0 Å². The Bertz CT molecular complexity index is 207. The third kappa shape index (κ3) is 2.32. The van der Waals surface area contributed by atoms with Crippen LogP contribution in [0.5, 0.6) is 0 Å². The summed E-state index contributed by atoms with van der Waals surface area (Å²) in [7, 11) is 0. The average molecular weight is 217 g/mol. The van der Waals surface area contributed by atoms with Crippen LogP contribution in [0.1, 0.15) is 6.42 Å². The van der Waals surface area contributed by atoms with E-state index >= 15 is 0 Å². The molecule has 88 valence electrons. The molecule has 0 amide bonds. The molecular weight excluding hydrogens is 198 g/mol. The summed E-state index contributed by atoms with van der Waals surface area (Å²) in [6, 6.07) is 0. The third-order valence-electron chi connectivity index (χ3n) is 3.41. The predicted molar refractivity (Wildman–Crippen MR) is 53.4 cm³/mol. The van der Waals surface area contributed by atoms with E-state index in [-0.39, 0.29) is 12.0 Å². The van der Waals surface area contributed by atoms with Gasteiger partial charge >= 0.3 is 0 Å². The highest BCUT2D eigenvalue weighted by molar-refractivity contribution is 4.91. The van der Waals surface area contributed by atoms with Crippen LogP contribution < -0.4 is 0 Å². The Morgan fingerprint density at radius 3 is 2.40 bits per heavy atom. The summed E-state index contributed by atoms with van der Waals surface area (Å²) in [6.07, 6.45) is -0.447. The molecular formula is C10H19NO4. The van der Waals surface area contributed by atoms with Crippen LogP contribution in [0.25, 0.3) is 0 Å². The van der Waals surface area contributed by atoms with E-state index in [1.165, 1.54) is 0 Å². The third-order valence-corrected chi connectivity index (χ3v) is 3.41. The molecule has 2 aliphatic heterocycles. The first kappa shape index (κ1) is 11.3. The van der Waals surface area contributed by atoms with Crippen molar-refractivity contribution in [2.45, 2.75) is 18.6 Å². The van der Waals surface area contributed by atoms with E-state index in [9.17, 15) is 15.3 Å². The Kier molecular flexibility index (Phi) is 3.27. The Labute approximate surface area is 89.3 Å². The number of nitrogens with zero attached hydrogens (tertiary/aromatic N) is 1. The molecule has 3 N–H and O–H groups in total. The van der Waals surface area contributed by atoms with Gasteiger partial charge in [-0.3, -0.25) is 4.90 Å². The lowest BCUT2D eigenvalue weighted by molar-refractivity contribution is 0.0572. The fourth-order valence-corrected chi connectivity index (χ4v) is 2.40. The Hall–Kier alpha value is -0.200. The molecule has 3 unspecified atom stereocenters. The molecule has 5 nitrogen and oxygen atoms in total. The van der Waals surface area contributed by atoms with Crippen LogP contribution in [0.3, 0.4) is 0 Å². The smallest absolute Gasteiger partial charge is 0.0938 e. The van der Waals surface area contributed by atoms with E-state index in [1.54, 1.807) is 0 Å². The van der Waals surface area contributed by atoms with Gasteiger partial charge in [-0.25, -0.2) is 0 Å². The number of hydrogen-bond donors (Lipinski definition) is 3. The van der Waals surface area contributed by atoms with Crippen molar-refractivity contribution in [1.29, 1.82) is 0 Å². The van der Waals surface area contributed by atoms with Gasteiger partial charge in [0.1, 0.15) is 0 Å². The number of likely N-dealkylation sites (tertiary alicyclic amines) is 1. The normalized spacial score (nSPS) is 42.6. The van der Waals surface area contributed by atoms with Crippen LogP contribution >= 0.6 is 0 Å². The summed E-state index contributed by atoms with van der Waals surface area (Å²) in [5, 5.41) is 28.2. The van der Waals surface area contributed by atoms with E-state index < -0.39 is 12.2 Å². The first-order valence-corrected chi connectivity index (χ1v) is 5.42. The molecule has 0 radical (unpaired) electrons. The number of rotatable bonds is 3. The van der Waals surface area contributed by atoms with Crippen molar-refractivity contribution < 1.29 is 20.1 Å². The summed E-state index contributed by atoms with van der Waals surface area (Å²) in [4.78, 5) is 2.00. The van der Waals surface area contributed by atoms with Gasteiger partial charge < -0.3 is 20.1 Å². The van der Waals surface area contributed by atoms with Crippen LogP contribution in [0.15, 0.2) is 0 Å². The molecule has 15 heavy (non-hydrogen) atoms. The largest absolute Gasteiger partial charge is 0.396 e. The number of hydrogen-bond acceptors (Lipinski definition) is 5. The molecule has 2 saturated heterocycles. The quantitative estimate of drug-likeness (QED) is 0.532. The molecule has 2 fully saturated rings. The maximum absolute atomic E-state index is 9.41. The van der Waals surface area contributed by atoms with E-state index in [1.807, 2.05) is 4.90 Å². The lowest BCUT2D eigenvalue weighted by Gasteiger charge is -2.29. The summed E-state index contributed by atoms with van der Waals surface area (Å²) >= 11 is 0. The highest BCUT2D eigenvalue weighted by Gasteiger charge is 2.39. The summed E-state index contributed by atoms with van der Waals surface area (Å²) in [5.41, 5.74) is -0.191. The SMILES string of the molecule is OCC1(CN2CC(O)C(O)C2)CCOC1. The van der Waals surface area contributed by atoms with Crippen LogP contribution in [0, 0.1) is 5.41 Å². The fraction of sp³-hybridized carbons (Fsp3) is 1.00. The second kappa shape index (κ2) is 4.35. The molecule has 2 aliphatic rings. The molecule has 5 heteroatoms. The lowest BCUT2D eigenvalue weighted by atomic mass is 9.88. The minimum atomic E-state index is -0.650. The Morgan fingerprint density at radius 1 is 1.27 bits per heavy atom. The fourth-order valence-electron chi connectivity index (χ4n) is 2.40. The first-order chi connectivity index (χ1) is 7.15. The van der Waals surface area contributed by atoms with Gasteiger partial charge in [-0.05, 0) is 6.42 Å². The minimum Gasteiger partial charge on any atom is -0.396 e. The number of aliphatic hydroxyl groups excluding tert-OH is 3. The topological polar surface area (TPSA) is 73.2 Å². The molecule has 0 aromatic heterocycles. The van der Waals surface area contributed by atoms with Crippen LogP contribution in [-0.4, -0.2) is 71.9 Å². The van der Waals surface area contributed by atoms with Crippen LogP contribution in [0.2, 0.25) is 0 Å². The first-order valence-electron chi connectivity index (χ1n) is 5.42. The van der Waals surface area contributed by atoms with Crippen molar-refractivity contribution >= 4 is 0 Å². The standard InChI is InChI=1S/C10H19NO4/c12-6-10(1-2-15-7-10)5-11-3-8(13)9(14)4-11/h8-9,12-14H,1-7H2. The molecule has 0 spiro atoms. The Balaban J connectivity index is 1.90. The zero-order chi connectivity index (χ0) is 10.9. The number of ether oxygens (including phenoxy) is 1. The molecule has 0 aromatic rings. The van der Waals surface area contributed by atoms with Gasteiger partial charge in [-0.1, -0.05) is 0 Å². The maximum atomic E-state index is 9.41. The van der Waals surface area contributed by atoms with E-state index in [4.69, 9.17) is 4.74 Å². The van der Waals surface area contributed by atoms with Crippen molar-refractivity contribution in [2.75, 3.05) is 39.5 Å². The molecule has 0 saturated carbocycles. The number of aliphatic hydroxyl groups is 3. The number of β-amino-alcohol motifs (C(OH)–C–C–N with tert-alkyl or cyclic N) is 2. The second-order valence-corrected chi connectivity index (χ2v) is 4.79. The Morgan fingerprint density at radius 2 is 1.93 bits per heavy atom. The zero-order valence-corrected chi connectivity index (χ0v) is 8.80. The summed E-state index contributed by atoms with van der Waals surface area (Å²) in [6.45, 7) is 3.05. The van der Waals surface area contributed by atoms with Crippen molar-refractivity contribution in [1.82, 2.24) is 4.90 Å². The van der Waals surface area contributed by atoms with Gasteiger partial charge in [-0.2, -0.15) is 0 Å². The summed E-state index contributed by atoms with van der Waals surface area (Å²) < 4.78 is 5.30. The molecule has 0 aliphatic carbocycles. The monoisotopic (exact) mass is 217 g/mol. The molecule has 0 aromatic carbocycles.